The molecule has 5 nitrogen and oxygen atoms in total. The molecule has 0 bridgehead atoms. The molecule has 5 heteroatoms. The SMILES string of the molecule is CCOC(=O)C(Cc1ccc(OCCC=C2c3ccccc3COc3ccccc32)cc1)OCC. The average Bonchev–Trinajstić information content (AvgIpc) is 3.04. The van der Waals surface area contributed by atoms with Crippen LogP contribution in [0.5, 0.6) is 11.5 Å². The van der Waals surface area contributed by atoms with Crippen LogP contribution < -0.4 is 9.47 Å². The zero-order valence-electron chi connectivity index (χ0n) is 20.4. The molecule has 0 amide bonds. The van der Waals surface area contributed by atoms with E-state index < -0.39 is 6.10 Å². The van der Waals surface area contributed by atoms with Gasteiger partial charge >= 0.3 is 5.97 Å². The second kappa shape index (κ2) is 12.2. The van der Waals surface area contributed by atoms with Crippen molar-refractivity contribution >= 4 is 11.5 Å². The van der Waals surface area contributed by atoms with Crippen LogP contribution in [0.1, 0.15) is 42.5 Å². The second-order valence-corrected chi connectivity index (χ2v) is 8.24. The van der Waals surface area contributed by atoms with Crippen LogP contribution in [0.2, 0.25) is 0 Å². The van der Waals surface area contributed by atoms with Crippen molar-refractivity contribution in [1.29, 1.82) is 0 Å². The van der Waals surface area contributed by atoms with Gasteiger partial charge in [-0.3, -0.25) is 0 Å². The molecule has 0 N–H and O–H groups in total. The number of para-hydroxylation sites is 1. The first kappa shape index (κ1) is 24.6. The van der Waals surface area contributed by atoms with E-state index in [2.05, 4.69) is 30.3 Å². The highest BCUT2D eigenvalue weighted by Crippen LogP contribution is 2.36. The molecule has 0 saturated heterocycles. The molecule has 35 heavy (non-hydrogen) atoms. The lowest BCUT2D eigenvalue weighted by atomic mass is 9.93. The number of fused-ring (bicyclic) bond motifs is 2. The molecule has 1 aliphatic heterocycles. The molecule has 0 spiro atoms. The minimum atomic E-state index is -0.590. The van der Waals surface area contributed by atoms with Crippen LogP contribution >= 0.6 is 0 Å². The topological polar surface area (TPSA) is 54.0 Å². The molecular formula is C30H32O5. The minimum absolute atomic E-state index is 0.324. The van der Waals surface area contributed by atoms with Gasteiger partial charge in [-0.15, -0.1) is 0 Å². The fourth-order valence-electron chi connectivity index (χ4n) is 4.21. The summed E-state index contributed by atoms with van der Waals surface area (Å²) < 4.78 is 22.7. The Morgan fingerprint density at radius 1 is 0.943 bits per heavy atom. The Bertz CT molecular complexity index is 1100. The molecule has 0 radical (unpaired) electrons. The Kier molecular flexibility index (Phi) is 8.58. The number of benzene rings is 3. The quantitative estimate of drug-likeness (QED) is 0.268. The summed E-state index contributed by atoms with van der Waals surface area (Å²) in [5.41, 5.74) is 5.66. The van der Waals surface area contributed by atoms with Crippen LogP contribution in [0.25, 0.3) is 5.57 Å². The van der Waals surface area contributed by atoms with E-state index in [1.54, 1.807) is 6.92 Å². The molecule has 3 aromatic rings. The van der Waals surface area contributed by atoms with Crippen molar-refractivity contribution in [2.24, 2.45) is 0 Å². The Balaban J connectivity index is 1.39. The monoisotopic (exact) mass is 472 g/mol. The van der Waals surface area contributed by atoms with E-state index in [4.69, 9.17) is 18.9 Å². The summed E-state index contributed by atoms with van der Waals surface area (Å²) in [5.74, 6) is 1.37. The van der Waals surface area contributed by atoms with Crippen molar-refractivity contribution < 1.29 is 23.7 Å². The van der Waals surface area contributed by atoms with E-state index in [9.17, 15) is 4.79 Å². The van der Waals surface area contributed by atoms with Gasteiger partial charge in [-0.2, -0.15) is 0 Å². The Morgan fingerprint density at radius 2 is 1.69 bits per heavy atom. The fraction of sp³-hybridized carbons (Fsp3) is 0.300. The van der Waals surface area contributed by atoms with E-state index in [-0.39, 0.29) is 5.97 Å². The second-order valence-electron chi connectivity index (χ2n) is 8.24. The first-order chi connectivity index (χ1) is 17.2. The van der Waals surface area contributed by atoms with Crippen LogP contribution in [0.3, 0.4) is 0 Å². The van der Waals surface area contributed by atoms with E-state index in [0.29, 0.717) is 32.8 Å². The van der Waals surface area contributed by atoms with Gasteiger partial charge in [0.2, 0.25) is 0 Å². The lowest BCUT2D eigenvalue weighted by molar-refractivity contribution is -0.156. The number of hydrogen-bond donors (Lipinski definition) is 0. The van der Waals surface area contributed by atoms with Gasteiger partial charge in [-0.25, -0.2) is 4.79 Å². The van der Waals surface area contributed by atoms with Crippen LogP contribution in [-0.4, -0.2) is 31.9 Å². The zero-order chi connectivity index (χ0) is 24.5. The fourth-order valence-corrected chi connectivity index (χ4v) is 4.21. The third kappa shape index (κ3) is 6.31. The first-order valence-corrected chi connectivity index (χ1v) is 12.2. The third-order valence-electron chi connectivity index (χ3n) is 5.86. The molecular weight excluding hydrogens is 440 g/mol. The van der Waals surface area contributed by atoms with Crippen molar-refractivity contribution in [3.8, 4) is 11.5 Å². The molecule has 0 aliphatic carbocycles. The molecule has 1 aliphatic rings. The molecule has 1 heterocycles. The van der Waals surface area contributed by atoms with Crippen LogP contribution in [0, 0.1) is 0 Å². The summed E-state index contributed by atoms with van der Waals surface area (Å²) in [7, 11) is 0. The molecule has 0 aromatic heterocycles. The average molecular weight is 473 g/mol. The van der Waals surface area contributed by atoms with Crippen LogP contribution in [0.15, 0.2) is 78.9 Å². The van der Waals surface area contributed by atoms with Gasteiger partial charge in [0.15, 0.2) is 6.10 Å². The third-order valence-corrected chi connectivity index (χ3v) is 5.86. The maximum Gasteiger partial charge on any atom is 0.335 e. The van der Waals surface area contributed by atoms with Gasteiger partial charge in [-0.05, 0) is 54.3 Å². The van der Waals surface area contributed by atoms with E-state index in [1.807, 2.05) is 55.5 Å². The largest absolute Gasteiger partial charge is 0.493 e. The summed E-state index contributed by atoms with van der Waals surface area (Å²) in [5, 5.41) is 0. The molecule has 1 atom stereocenters. The molecule has 4 rings (SSSR count). The predicted molar refractivity (Wildman–Crippen MR) is 137 cm³/mol. The zero-order valence-corrected chi connectivity index (χ0v) is 20.4. The number of rotatable bonds is 10. The van der Waals surface area contributed by atoms with Crippen molar-refractivity contribution in [2.75, 3.05) is 19.8 Å². The Morgan fingerprint density at radius 3 is 2.46 bits per heavy atom. The number of hydrogen-bond acceptors (Lipinski definition) is 5. The summed E-state index contributed by atoms with van der Waals surface area (Å²) in [6, 6.07) is 24.3. The minimum Gasteiger partial charge on any atom is -0.493 e. The van der Waals surface area contributed by atoms with Gasteiger partial charge in [0.1, 0.15) is 18.1 Å². The highest BCUT2D eigenvalue weighted by molar-refractivity contribution is 5.84. The number of esters is 1. The van der Waals surface area contributed by atoms with Crippen molar-refractivity contribution in [3.05, 3.63) is 101 Å². The predicted octanol–water partition coefficient (Wildman–Crippen LogP) is 5.99. The Labute approximate surface area is 207 Å². The van der Waals surface area contributed by atoms with Crippen molar-refractivity contribution in [3.63, 3.8) is 0 Å². The molecule has 0 saturated carbocycles. The van der Waals surface area contributed by atoms with E-state index >= 15 is 0 Å². The van der Waals surface area contributed by atoms with E-state index in [0.717, 1.165) is 29.0 Å². The van der Waals surface area contributed by atoms with Gasteiger partial charge in [0.05, 0.1) is 13.2 Å². The number of carbonyl (C=O) groups is 1. The summed E-state index contributed by atoms with van der Waals surface area (Å²) in [6.07, 6.45) is 2.87. The number of ether oxygens (including phenoxy) is 4. The van der Waals surface area contributed by atoms with Crippen LogP contribution in [0.4, 0.5) is 0 Å². The van der Waals surface area contributed by atoms with Gasteiger partial charge in [0, 0.05) is 25.0 Å². The smallest absolute Gasteiger partial charge is 0.335 e. The summed E-state index contributed by atoms with van der Waals surface area (Å²) in [4.78, 5) is 12.1. The standard InChI is InChI=1S/C30H32O5/c1-3-32-29(30(31)33-4-2)20-22-15-17-24(18-16-22)34-19-9-13-26-25-11-6-5-10-23(25)21-35-28-14-8-7-12-27(26)28/h5-8,10-18,29H,3-4,9,19-21H2,1-2H3. The first-order valence-electron chi connectivity index (χ1n) is 12.2. The van der Waals surface area contributed by atoms with Gasteiger partial charge in [0.25, 0.3) is 0 Å². The van der Waals surface area contributed by atoms with Gasteiger partial charge in [-0.1, -0.05) is 60.7 Å². The van der Waals surface area contributed by atoms with Crippen molar-refractivity contribution in [1.82, 2.24) is 0 Å². The molecule has 0 fully saturated rings. The maximum absolute atomic E-state index is 12.1. The molecule has 1 unspecified atom stereocenters. The highest BCUT2D eigenvalue weighted by atomic mass is 16.6. The summed E-state index contributed by atoms with van der Waals surface area (Å²) in [6.45, 7) is 5.59. The van der Waals surface area contributed by atoms with Crippen LogP contribution in [-0.2, 0) is 27.3 Å². The Hall–Kier alpha value is -3.57. The van der Waals surface area contributed by atoms with E-state index in [1.165, 1.54) is 16.7 Å². The summed E-state index contributed by atoms with van der Waals surface area (Å²) >= 11 is 0. The number of carbonyl (C=O) groups excluding carboxylic acids is 1. The maximum atomic E-state index is 12.1. The highest BCUT2D eigenvalue weighted by Gasteiger charge is 2.21. The molecule has 3 aromatic carbocycles. The van der Waals surface area contributed by atoms with Crippen molar-refractivity contribution in [2.45, 2.75) is 39.4 Å². The molecule has 182 valence electrons. The lowest BCUT2D eigenvalue weighted by Crippen LogP contribution is -2.28. The normalized spacial score (nSPS) is 14.3. The van der Waals surface area contributed by atoms with Gasteiger partial charge < -0.3 is 18.9 Å². The lowest BCUT2D eigenvalue weighted by Gasteiger charge is -2.15.